The number of benzene rings is 1. The molecule has 112 valence electrons. The van der Waals surface area contributed by atoms with E-state index in [2.05, 4.69) is 18.0 Å². The number of phenols is 1. The zero-order valence-electron chi connectivity index (χ0n) is 12.5. The van der Waals surface area contributed by atoms with E-state index in [1.807, 2.05) is 12.1 Å². The lowest BCUT2D eigenvalue weighted by molar-refractivity contribution is 0.320. The van der Waals surface area contributed by atoms with E-state index in [-0.39, 0.29) is 6.61 Å². The van der Waals surface area contributed by atoms with Gasteiger partial charge < -0.3 is 15.1 Å². The van der Waals surface area contributed by atoms with Crippen molar-refractivity contribution in [3.8, 4) is 5.75 Å². The highest BCUT2D eigenvalue weighted by Gasteiger charge is 2.28. The summed E-state index contributed by atoms with van der Waals surface area (Å²) in [5.41, 5.74) is 5.26. The van der Waals surface area contributed by atoms with Gasteiger partial charge in [-0.2, -0.15) is 0 Å². The van der Waals surface area contributed by atoms with Crippen molar-refractivity contribution in [1.82, 2.24) is 4.90 Å². The fourth-order valence-corrected chi connectivity index (χ4v) is 3.39. The molecule has 2 N–H and O–H groups in total. The Labute approximate surface area is 126 Å². The van der Waals surface area contributed by atoms with Gasteiger partial charge >= 0.3 is 0 Å². The second kappa shape index (κ2) is 5.94. The van der Waals surface area contributed by atoms with Gasteiger partial charge in [-0.25, -0.2) is 0 Å². The predicted octanol–water partition coefficient (Wildman–Crippen LogP) is 2.85. The van der Waals surface area contributed by atoms with Crippen molar-refractivity contribution in [3.05, 3.63) is 52.7 Å². The highest BCUT2D eigenvalue weighted by Crippen LogP contribution is 2.38. The zero-order chi connectivity index (χ0) is 14.8. The molecular weight excluding hydrogens is 262 g/mol. The second-order valence-corrected chi connectivity index (χ2v) is 6.14. The van der Waals surface area contributed by atoms with Crippen LogP contribution in [0.15, 0.2) is 47.2 Å². The van der Waals surface area contributed by atoms with Gasteiger partial charge in [0.25, 0.3) is 0 Å². The van der Waals surface area contributed by atoms with E-state index >= 15 is 0 Å². The molecule has 1 aromatic carbocycles. The first-order chi connectivity index (χ1) is 10.2. The second-order valence-electron chi connectivity index (χ2n) is 6.14. The van der Waals surface area contributed by atoms with Gasteiger partial charge in [0, 0.05) is 19.3 Å². The summed E-state index contributed by atoms with van der Waals surface area (Å²) >= 11 is 0. The first kappa shape index (κ1) is 14.2. The van der Waals surface area contributed by atoms with Crippen LogP contribution in [0.1, 0.15) is 25.3 Å². The maximum atomic E-state index is 9.60. The molecule has 0 aromatic heterocycles. The van der Waals surface area contributed by atoms with Crippen molar-refractivity contribution in [2.75, 3.05) is 19.7 Å². The van der Waals surface area contributed by atoms with Gasteiger partial charge in [0.1, 0.15) is 5.75 Å². The van der Waals surface area contributed by atoms with E-state index in [0.29, 0.717) is 11.7 Å². The molecule has 0 saturated carbocycles. The minimum atomic E-state index is 0.140. The molecule has 0 saturated heterocycles. The molecule has 3 nitrogen and oxygen atoms in total. The molecular formula is C18H23NO2. The van der Waals surface area contributed by atoms with E-state index < -0.39 is 0 Å². The zero-order valence-corrected chi connectivity index (χ0v) is 12.5. The third-order valence-electron chi connectivity index (χ3n) is 4.70. The van der Waals surface area contributed by atoms with Crippen molar-refractivity contribution >= 4 is 0 Å². The van der Waals surface area contributed by atoms with Crippen molar-refractivity contribution in [3.63, 3.8) is 0 Å². The molecule has 3 heteroatoms. The lowest BCUT2D eigenvalue weighted by atomic mass is 9.96. The standard InChI is InChI=1S/C18H23NO2/c1-13-2-7-17-15(12-20)10-19(11-18(13)17)9-8-14-3-5-16(21)6-4-14/h3-6,10,13,20-21H,2,7-9,11-12H2,1H3. The van der Waals surface area contributed by atoms with E-state index in [0.717, 1.165) is 31.5 Å². The summed E-state index contributed by atoms with van der Waals surface area (Å²) in [5, 5.41) is 18.9. The van der Waals surface area contributed by atoms with Crippen molar-refractivity contribution in [2.24, 2.45) is 5.92 Å². The molecule has 2 aliphatic rings. The van der Waals surface area contributed by atoms with Crippen molar-refractivity contribution in [1.29, 1.82) is 0 Å². The van der Waals surface area contributed by atoms with Gasteiger partial charge in [0.2, 0.25) is 0 Å². The molecule has 1 atom stereocenters. The Morgan fingerprint density at radius 2 is 2.00 bits per heavy atom. The summed E-state index contributed by atoms with van der Waals surface area (Å²) in [5.74, 6) is 0.959. The Morgan fingerprint density at radius 1 is 1.24 bits per heavy atom. The van der Waals surface area contributed by atoms with Crippen LogP contribution < -0.4 is 0 Å². The maximum Gasteiger partial charge on any atom is 0.115 e. The highest BCUT2D eigenvalue weighted by molar-refractivity contribution is 5.43. The van der Waals surface area contributed by atoms with Gasteiger partial charge in [0.05, 0.1) is 6.61 Å². The molecule has 3 rings (SSSR count). The van der Waals surface area contributed by atoms with Crippen LogP contribution in [-0.2, 0) is 6.42 Å². The molecule has 1 aliphatic carbocycles. The summed E-state index contributed by atoms with van der Waals surface area (Å²) in [4.78, 5) is 2.32. The monoisotopic (exact) mass is 285 g/mol. The minimum Gasteiger partial charge on any atom is -0.508 e. The van der Waals surface area contributed by atoms with Gasteiger partial charge in [0.15, 0.2) is 0 Å². The van der Waals surface area contributed by atoms with Crippen molar-refractivity contribution < 1.29 is 10.2 Å². The predicted molar refractivity (Wildman–Crippen MR) is 84.0 cm³/mol. The van der Waals surface area contributed by atoms with Crippen LogP contribution in [0.25, 0.3) is 0 Å². The topological polar surface area (TPSA) is 43.7 Å². The molecule has 0 spiro atoms. The van der Waals surface area contributed by atoms with Gasteiger partial charge in [-0.15, -0.1) is 0 Å². The lowest BCUT2D eigenvalue weighted by Gasteiger charge is -2.29. The Balaban J connectivity index is 1.67. The molecule has 21 heavy (non-hydrogen) atoms. The molecule has 1 unspecified atom stereocenters. The number of aliphatic hydroxyl groups is 1. The number of nitrogens with zero attached hydrogens (tertiary/aromatic N) is 1. The van der Waals surface area contributed by atoms with Crippen LogP contribution in [0.5, 0.6) is 5.75 Å². The van der Waals surface area contributed by atoms with Crippen molar-refractivity contribution in [2.45, 2.75) is 26.2 Å². The molecule has 0 fully saturated rings. The minimum absolute atomic E-state index is 0.140. The molecule has 0 amide bonds. The summed E-state index contributed by atoms with van der Waals surface area (Å²) in [6, 6.07) is 7.41. The molecule has 1 aliphatic heterocycles. The molecule has 1 aromatic rings. The average molecular weight is 285 g/mol. The Morgan fingerprint density at radius 3 is 2.71 bits per heavy atom. The average Bonchev–Trinajstić information content (AvgIpc) is 2.87. The first-order valence-corrected chi connectivity index (χ1v) is 7.73. The Hall–Kier alpha value is -1.74. The van der Waals surface area contributed by atoms with Gasteiger partial charge in [-0.05, 0) is 59.6 Å². The van der Waals surface area contributed by atoms with Crippen LogP contribution >= 0.6 is 0 Å². The smallest absolute Gasteiger partial charge is 0.115 e. The van der Waals surface area contributed by atoms with Crippen LogP contribution in [0.2, 0.25) is 0 Å². The third-order valence-corrected chi connectivity index (χ3v) is 4.70. The van der Waals surface area contributed by atoms with Gasteiger partial charge in [-0.1, -0.05) is 19.1 Å². The van der Waals surface area contributed by atoms with E-state index in [9.17, 15) is 10.2 Å². The molecule has 1 heterocycles. The van der Waals surface area contributed by atoms with Gasteiger partial charge in [-0.3, -0.25) is 0 Å². The fraction of sp³-hybridized carbons (Fsp3) is 0.444. The molecule has 0 bridgehead atoms. The molecule has 0 radical (unpaired) electrons. The highest BCUT2D eigenvalue weighted by atomic mass is 16.3. The number of phenolic OH excluding ortho intramolecular Hbond substituents is 1. The number of aromatic hydroxyl groups is 1. The van der Waals surface area contributed by atoms with E-state index in [4.69, 9.17) is 0 Å². The number of rotatable bonds is 4. The number of aliphatic hydroxyl groups excluding tert-OH is 1. The normalized spacial score (nSPS) is 21.5. The fourth-order valence-electron chi connectivity index (χ4n) is 3.39. The number of hydrogen-bond acceptors (Lipinski definition) is 3. The lowest BCUT2D eigenvalue weighted by Crippen LogP contribution is -2.28. The maximum absolute atomic E-state index is 9.60. The quantitative estimate of drug-likeness (QED) is 0.894. The van der Waals surface area contributed by atoms with E-state index in [1.54, 1.807) is 12.1 Å². The summed E-state index contributed by atoms with van der Waals surface area (Å²) < 4.78 is 0. The van der Waals surface area contributed by atoms with Crippen LogP contribution in [0.3, 0.4) is 0 Å². The number of hydrogen-bond donors (Lipinski definition) is 2. The Bertz CT molecular complexity index is 571. The van der Waals surface area contributed by atoms with E-state index in [1.165, 1.54) is 23.1 Å². The summed E-state index contributed by atoms with van der Waals surface area (Å²) in [7, 11) is 0. The van der Waals surface area contributed by atoms with Crippen LogP contribution in [0, 0.1) is 5.92 Å². The SMILES string of the molecule is CC1CCC2=C1CN(CCc1ccc(O)cc1)C=C2CO. The van der Waals surface area contributed by atoms with Crippen LogP contribution in [-0.4, -0.2) is 34.8 Å². The third kappa shape index (κ3) is 2.98. The Kier molecular flexibility index (Phi) is 4.02. The summed E-state index contributed by atoms with van der Waals surface area (Å²) in [6.45, 7) is 4.37. The largest absolute Gasteiger partial charge is 0.508 e. The summed E-state index contributed by atoms with van der Waals surface area (Å²) in [6.07, 6.45) is 5.42. The van der Waals surface area contributed by atoms with Crippen LogP contribution in [0.4, 0.5) is 0 Å². The first-order valence-electron chi connectivity index (χ1n) is 7.73.